The molecular weight excluding hydrogens is 450 g/mol. The summed E-state index contributed by atoms with van der Waals surface area (Å²) in [4.78, 5) is 27.6. The SMILES string of the molecule is C=CCOc1ccc(C(O)=C2C(=O)C(=O)N(CCCOC)[C@@H]2c2ccc(OCC)c(OC)c2)cc1. The van der Waals surface area contributed by atoms with Crippen molar-refractivity contribution in [2.24, 2.45) is 0 Å². The smallest absolute Gasteiger partial charge is 0.295 e. The third kappa shape index (κ3) is 5.66. The predicted molar refractivity (Wildman–Crippen MR) is 132 cm³/mol. The Hall–Kier alpha value is -3.78. The van der Waals surface area contributed by atoms with Crippen LogP contribution in [-0.4, -0.2) is 62.3 Å². The molecule has 0 spiro atoms. The van der Waals surface area contributed by atoms with E-state index < -0.39 is 17.7 Å². The van der Waals surface area contributed by atoms with Gasteiger partial charge in [0, 0.05) is 25.8 Å². The van der Waals surface area contributed by atoms with Gasteiger partial charge < -0.3 is 29.0 Å². The van der Waals surface area contributed by atoms with E-state index in [1.807, 2.05) is 6.92 Å². The third-order valence-corrected chi connectivity index (χ3v) is 5.59. The minimum atomic E-state index is -0.798. The average Bonchev–Trinajstić information content (AvgIpc) is 3.13. The first-order chi connectivity index (χ1) is 17.0. The summed E-state index contributed by atoms with van der Waals surface area (Å²) in [5.74, 6) is -0.0723. The Labute approximate surface area is 205 Å². The van der Waals surface area contributed by atoms with Gasteiger partial charge in [-0.1, -0.05) is 18.7 Å². The number of amides is 1. The van der Waals surface area contributed by atoms with E-state index in [9.17, 15) is 14.7 Å². The first-order valence-electron chi connectivity index (χ1n) is 11.4. The Morgan fingerprint density at radius 2 is 1.83 bits per heavy atom. The van der Waals surface area contributed by atoms with Crippen LogP contribution in [0.2, 0.25) is 0 Å². The Morgan fingerprint density at radius 3 is 2.46 bits per heavy atom. The van der Waals surface area contributed by atoms with Gasteiger partial charge in [0.25, 0.3) is 11.7 Å². The van der Waals surface area contributed by atoms with E-state index in [4.69, 9.17) is 18.9 Å². The van der Waals surface area contributed by atoms with Crippen molar-refractivity contribution in [2.75, 3.05) is 40.6 Å². The van der Waals surface area contributed by atoms with Crippen molar-refractivity contribution >= 4 is 17.4 Å². The zero-order valence-corrected chi connectivity index (χ0v) is 20.3. The number of methoxy groups -OCH3 is 2. The monoisotopic (exact) mass is 481 g/mol. The Bertz CT molecular complexity index is 1090. The fraction of sp³-hybridized carbons (Fsp3) is 0.333. The first-order valence-corrected chi connectivity index (χ1v) is 11.4. The number of aliphatic hydroxyl groups excluding tert-OH is 1. The maximum Gasteiger partial charge on any atom is 0.295 e. The second-order valence-electron chi connectivity index (χ2n) is 7.81. The van der Waals surface area contributed by atoms with E-state index in [1.165, 1.54) is 12.0 Å². The van der Waals surface area contributed by atoms with Gasteiger partial charge in [-0.15, -0.1) is 0 Å². The van der Waals surface area contributed by atoms with Crippen LogP contribution in [-0.2, 0) is 14.3 Å². The van der Waals surface area contributed by atoms with E-state index in [0.717, 1.165) is 0 Å². The summed E-state index contributed by atoms with van der Waals surface area (Å²) in [5, 5.41) is 11.2. The molecule has 0 bridgehead atoms. The molecule has 1 atom stereocenters. The number of Topliss-reactive ketones (excluding diaryl/α,β-unsaturated/α-hetero) is 1. The lowest BCUT2D eigenvalue weighted by atomic mass is 9.95. The van der Waals surface area contributed by atoms with Crippen molar-refractivity contribution in [1.82, 2.24) is 4.90 Å². The van der Waals surface area contributed by atoms with Gasteiger partial charge in [-0.25, -0.2) is 0 Å². The van der Waals surface area contributed by atoms with Crippen LogP contribution in [0.25, 0.3) is 5.76 Å². The van der Waals surface area contributed by atoms with E-state index in [0.29, 0.717) is 54.6 Å². The molecule has 1 N–H and O–H groups in total. The highest BCUT2D eigenvalue weighted by Gasteiger charge is 2.46. The van der Waals surface area contributed by atoms with Crippen molar-refractivity contribution in [3.8, 4) is 17.2 Å². The van der Waals surface area contributed by atoms with Gasteiger partial charge in [-0.2, -0.15) is 0 Å². The molecule has 0 unspecified atom stereocenters. The topological polar surface area (TPSA) is 94.5 Å². The van der Waals surface area contributed by atoms with Gasteiger partial charge in [-0.05, 0) is 55.3 Å². The standard InChI is InChI=1S/C27H31NO7/c1-5-15-35-20-11-8-18(9-12-20)25(29)23-24(28(14-7-16-32-3)27(31)26(23)30)19-10-13-21(34-6-2)22(17-19)33-4/h5,8-13,17,24,29H,1,6-7,14-16H2,2-4H3/t24-/m1/s1. The number of ether oxygens (including phenoxy) is 4. The second-order valence-corrected chi connectivity index (χ2v) is 7.81. The van der Waals surface area contributed by atoms with E-state index >= 15 is 0 Å². The van der Waals surface area contributed by atoms with Crippen LogP contribution >= 0.6 is 0 Å². The van der Waals surface area contributed by atoms with Crippen LogP contribution in [0.15, 0.2) is 60.7 Å². The normalized spacial score (nSPS) is 16.9. The molecule has 1 saturated heterocycles. The van der Waals surface area contributed by atoms with Crippen molar-refractivity contribution in [3.05, 3.63) is 71.8 Å². The van der Waals surface area contributed by atoms with Gasteiger partial charge >= 0.3 is 0 Å². The summed E-state index contributed by atoms with van der Waals surface area (Å²) < 4.78 is 21.7. The number of carbonyl (C=O) groups is 2. The lowest BCUT2D eigenvalue weighted by Crippen LogP contribution is -2.31. The van der Waals surface area contributed by atoms with E-state index in [2.05, 4.69) is 6.58 Å². The quantitative estimate of drug-likeness (QED) is 0.160. The molecule has 1 fully saturated rings. The summed E-state index contributed by atoms with van der Waals surface area (Å²) in [7, 11) is 3.10. The molecule has 35 heavy (non-hydrogen) atoms. The largest absolute Gasteiger partial charge is 0.507 e. The first kappa shape index (κ1) is 25.8. The molecule has 1 aliphatic heterocycles. The van der Waals surface area contributed by atoms with Crippen molar-refractivity contribution in [2.45, 2.75) is 19.4 Å². The molecule has 0 aliphatic carbocycles. The highest BCUT2D eigenvalue weighted by molar-refractivity contribution is 6.46. The molecule has 1 aliphatic rings. The highest BCUT2D eigenvalue weighted by Crippen LogP contribution is 2.42. The number of nitrogens with zero attached hydrogens (tertiary/aromatic N) is 1. The molecule has 0 aromatic heterocycles. The molecule has 186 valence electrons. The minimum absolute atomic E-state index is 0.0124. The number of hydrogen-bond donors (Lipinski definition) is 1. The molecular formula is C27H31NO7. The van der Waals surface area contributed by atoms with Gasteiger partial charge in [-0.3, -0.25) is 9.59 Å². The summed E-state index contributed by atoms with van der Waals surface area (Å²) in [6.07, 6.45) is 2.16. The third-order valence-electron chi connectivity index (χ3n) is 5.59. The minimum Gasteiger partial charge on any atom is -0.507 e. The maximum absolute atomic E-state index is 13.1. The maximum atomic E-state index is 13.1. The van der Waals surface area contributed by atoms with Crippen LogP contribution in [0.4, 0.5) is 0 Å². The van der Waals surface area contributed by atoms with Gasteiger partial charge in [0.1, 0.15) is 18.1 Å². The number of benzene rings is 2. The van der Waals surface area contributed by atoms with Crippen LogP contribution in [0.3, 0.4) is 0 Å². The highest BCUT2D eigenvalue weighted by atomic mass is 16.5. The van der Waals surface area contributed by atoms with Crippen LogP contribution in [0.1, 0.15) is 30.5 Å². The molecule has 0 radical (unpaired) electrons. The van der Waals surface area contributed by atoms with E-state index in [-0.39, 0.29) is 17.9 Å². The Balaban J connectivity index is 2.09. The molecule has 0 saturated carbocycles. The number of carbonyl (C=O) groups excluding carboxylic acids is 2. The number of ketones is 1. The zero-order chi connectivity index (χ0) is 25.4. The fourth-order valence-corrected chi connectivity index (χ4v) is 3.99. The number of hydrogen-bond acceptors (Lipinski definition) is 7. The number of likely N-dealkylation sites (tertiary alicyclic amines) is 1. The van der Waals surface area contributed by atoms with Crippen LogP contribution < -0.4 is 14.2 Å². The van der Waals surface area contributed by atoms with Crippen LogP contribution in [0, 0.1) is 0 Å². The fourth-order valence-electron chi connectivity index (χ4n) is 3.99. The Kier molecular flexibility index (Phi) is 8.92. The molecule has 8 heteroatoms. The molecule has 1 heterocycles. The average molecular weight is 482 g/mol. The molecule has 2 aromatic rings. The molecule has 8 nitrogen and oxygen atoms in total. The van der Waals surface area contributed by atoms with Crippen molar-refractivity contribution in [3.63, 3.8) is 0 Å². The van der Waals surface area contributed by atoms with Crippen molar-refractivity contribution < 1.29 is 33.6 Å². The van der Waals surface area contributed by atoms with Crippen molar-refractivity contribution in [1.29, 1.82) is 0 Å². The zero-order valence-electron chi connectivity index (χ0n) is 20.3. The lowest BCUT2D eigenvalue weighted by molar-refractivity contribution is -0.140. The van der Waals surface area contributed by atoms with E-state index in [1.54, 1.807) is 55.7 Å². The summed E-state index contributed by atoms with van der Waals surface area (Å²) >= 11 is 0. The summed E-state index contributed by atoms with van der Waals surface area (Å²) in [6.45, 7) is 6.99. The number of aliphatic hydroxyl groups is 1. The molecule has 3 rings (SSSR count). The molecule has 2 aromatic carbocycles. The van der Waals surface area contributed by atoms with Gasteiger partial charge in [0.2, 0.25) is 0 Å². The summed E-state index contributed by atoms with van der Waals surface area (Å²) in [6, 6.07) is 11.1. The van der Waals surface area contributed by atoms with Gasteiger partial charge in [0.15, 0.2) is 11.5 Å². The predicted octanol–water partition coefficient (Wildman–Crippen LogP) is 4.12. The summed E-state index contributed by atoms with van der Waals surface area (Å²) in [5.41, 5.74) is 1.03. The lowest BCUT2D eigenvalue weighted by Gasteiger charge is -2.26. The molecule has 1 amide bonds. The number of rotatable bonds is 12. The van der Waals surface area contributed by atoms with Crippen LogP contribution in [0.5, 0.6) is 17.2 Å². The second kappa shape index (κ2) is 12.1. The van der Waals surface area contributed by atoms with Gasteiger partial charge in [0.05, 0.1) is 25.3 Å². The Morgan fingerprint density at radius 1 is 1.09 bits per heavy atom.